The Labute approximate surface area is 218 Å². The first-order valence-electron chi connectivity index (χ1n) is 13.6. The Balaban J connectivity index is 1.18. The number of H-pyrrole nitrogens is 2. The summed E-state index contributed by atoms with van der Waals surface area (Å²) < 4.78 is 15.7. The van der Waals surface area contributed by atoms with Gasteiger partial charge in [-0.05, 0) is 73.4 Å². The molecule has 38 heavy (non-hydrogen) atoms. The lowest BCUT2D eigenvalue weighted by Gasteiger charge is -2.25. The summed E-state index contributed by atoms with van der Waals surface area (Å²) in [5.74, 6) is 0.534. The van der Waals surface area contributed by atoms with Crippen molar-refractivity contribution >= 4 is 28.7 Å². The van der Waals surface area contributed by atoms with Crippen LogP contribution in [0, 0.1) is 17.7 Å². The zero-order valence-corrected chi connectivity index (χ0v) is 21.1. The summed E-state index contributed by atoms with van der Waals surface area (Å²) in [6.45, 7) is 1.82. The van der Waals surface area contributed by atoms with E-state index in [-0.39, 0.29) is 29.3 Å². The van der Waals surface area contributed by atoms with Crippen LogP contribution in [0.3, 0.4) is 0 Å². The van der Waals surface area contributed by atoms with Crippen molar-refractivity contribution in [1.82, 2.24) is 19.8 Å². The summed E-state index contributed by atoms with van der Waals surface area (Å²) >= 11 is 0. The fourth-order valence-electron chi connectivity index (χ4n) is 6.44. The second-order valence-corrected chi connectivity index (χ2v) is 11.3. The molecule has 8 nitrogen and oxygen atoms in total. The van der Waals surface area contributed by atoms with Crippen LogP contribution in [0.2, 0.25) is 0 Å². The molecule has 1 spiro atoms. The van der Waals surface area contributed by atoms with Crippen LogP contribution >= 0.6 is 0 Å². The molecule has 3 fully saturated rings. The third-order valence-corrected chi connectivity index (χ3v) is 8.67. The Hall–Kier alpha value is -3.75. The molecule has 4 aliphatic rings. The molecule has 9 heteroatoms. The van der Waals surface area contributed by atoms with Gasteiger partial charge < -0.3 is 14.9 Å². The molecule has 196 valence electrons. The van der Waals surface area contributed by atoms with Crippen LogP contribution in [-0.2, 0) is 9.59 Å². The number of nitrogens with zero attached hydrogens (tertiary/aromatic N) is 3. The van der Waals surface area contributed by atoms with Crippen molar-refractivity contribution < 1.29 is 14.0 Å². The number of amidine groups is 1. The number of hydrogen-bond acceptors (Lipinski definition) is 4. The van der Waals surface area contributed by atoms with Crippen LogP contribution in [0.4, 0.5) is 4.39 Å². The summed E-state index contributed by atoms with van der Waals surface area (Å²) in [5, 5.41) is 0. The Morgan fingerprint density at radius 2 is 1.74 bits per heavy atom. The minimum atomic E-state index is -0.784. The highest BCUT2D eigenvalue weighted by Crippen LogP contribution is 2.41. The number of rotatable bonds is 5. The molecule has 1 atom stereocenters. The number of amides is 2. The van der Waals surface area contributed by atoms with Crippen LogP contribution in [0.15, 0.2) is 46.2 Å². The zero-order valence-electron chi connectivity index (χ0n) is 21.1. The monoisotopic (exact) mass is 515 g/mol. The molecule has 2 amide bonds. The molecule has 7 rings (SSSR count). The average molecular weight is 516 g/mol. The SMILES string of the molecule is O=C(C1CC1)N1CC[C@@H](CN2C(=O)C3(CCCC3)N=C2c2ccc(-c3ccc4[nH]c(=O)[nH]c4c3)cc2F)C1. The molecular weight excluding hydrogens is 485 g/mol. The average Bonchev–Trinajstić information content (AvgIpc) is 3.21. The predicted molar refractivity (Wildman–Crippen MR) is 141 cm³/mol. The van der Waals surface area contributed by atoms with Gasteiger partial charge in [-0.25, -0.2) is 9.18 Å². The van der Waals surface area contributed by atoms with Crippen molar-refractivity contribution in [1.29, 1.82) is 0 Å². The van der Waals surface area contributed by atoms with Crippen LogP contribution in [0.5, 0.6) is 0 Å². The second kappa shape index (κ2) is 8.64. The van der Waals surface area contributed by atoms with Crippen molar-refractivity contribution in [3.8, 4) is 11.1 Å². The standard InChI is InChI=1S/C29H30FN5O3/c30-22-13-19(20-6-8-23-24(14-20)32-28(38)31-23)5-7-21(22)25-33-29(10-1-2-11-29)27(37)35(25)16-17-9-12-34(15-17)26(36)18-3-4-18/h5-8,13-14,17-18H,1-4,9-12,15-16H2,(H2,31,32,38)/t17-/m1/s1. The molecule has 2 aliphatic heterocycles. The molecule has 1 aromatic heterocycles. The second-order valence-electron chi connectivity index (χ2n) is 11.3. The van der Waals surface area contributed by atoms with Crippen LogP contribution in [0.1, 0.15) is 50.5 Å². The smallest absolute Gasteiger partial charge is 0.323 e. The maximum Gasteiger partial charge on any atom is 0.323 e. The number of carbonyl (C=O) groups is 2. The first-order valence-corrected chi connectivity index (χ1v) is 13.6. The van der Waals surface area contributed by atoms with E-state index in [4.69, 9.17) is 4.99 Å². The highest BCUT2D eigenvalue weighted by molar-refractivity contribution is 6.15. The van der Waals surface area contributed by atoms with Gasteiger partial charge in [-0.1, -0.05) is 25.0 Å². The lowest BCUT2D eigenvalue weighted by Crippen LogP contribution is -2.44. The summed E-state index contributed by atoms with van der Waals surface area (Å²) in [6, 6.07) is 10.5. The van der Waals surface area contributed by atoms with Crippen LogP contribution < -0.4 is 5.69 Å². The number of aromatic amines is 2. The van der Waals surface area contributed by atoms with Crippen molar-refractivity contribution in [3.63, 3.8) is 0 Å². The van der Waals surface area contributed by atoms with E-state index in [1.54, 1.807) is 17.0 Å². The number of imidazole rings is 1. The number of halogens is 1. The summed E-state index contributed by atoms with van der Waals surface area (Å²) in [7, 11) is 0. The maximum absolute atomic E-state index is 15.7. The number of carbonyl (C=O) groups excluding carboxylic acids is 2. The quantitative estimate of drug-likeness (QED) is 0.540. The van der Waals surface area contributed by atoms with Gasteiger partial charge in [0.15, 0.2) is 0 Å². The van der Waals surface area contributed by atoms with Crippen molar-refractivity contribution in [3.05, 3.63) is 58.3 Å². The molecule has 2 aromatic carbocycles. The van der Waals surface area contributed by atoms with Gasteiger partial charge in [0.1, 0.15) is 17.2 Å². The lowest BCUT2D eigenvalue weighted by atomic mass is 9.97. The summed E-state index contributed by atoms with van der Waals surface area (Å²) in [5.41, 5.74) is 2.05. The third kappa shape index (κ3) is 3.87. The van der Waals surface area contributed by atoms with E-state index in [0.717, 1.165) is 44.2 Å². The first kappa shape index (κ1) is 23.4. The number of benzene rings is 2. The molecule has 2 aliphatic carbocycles. The minimum absolute atomic E-state index is 0.0256. The molecule has 2 saturated carbocycles. The van der Waals surface area contributed by atoms with Gasteiger partial charge in [-0.3, -0.25) is 19.5 Å². The molecule has 1 saturated heterocycles. The van der Waals surface area contributed by atoms with E-state index >= 15 is 4.39 Å². The van der Waals surface area contributed by atoms with Gasteiger partial charge in [0.25, 0.3) is 5.91 Å². The predicted octanol–water partition coefficient (Wildman–Crippen LogP) is 3.82. The fraction of sp³-hybridized carbons (Fsp3) is 0.448. The zero-order chi connectivity index (χ0) is 26.0. The molecular formula is C29H30FN5O3. The van der Waals surface area contributed by atoms with Crippen LogP contribution in [-0.4, -0.2) is 62.6 Å². The normalized spacial score (nSPS) is 22.7. The fourth-order valence-corrected chi connectivity index (χ4v) is 6.44. The number of fused-ring (bicyclic) bond motifs is 1. The molecule has 0 unspecified atom stereocenters. The summed E-state index contributed by atoms with van der Waals surface area (Å²) in [4.78, 5) is 51.9. The molecule has 0 bridgehead atoms. The van der Waals surface area contributed by atoms with Gasteiger partial charge in [0, 0.05) is 25.6 Å². The number of aromatic nitrogens is 2. The van der Waals surface area contributed by atoms with Gasteiger partial charge in [-0.2, -0.15) is 0 Å². The van der Waals surface area contributed by atoms with Gasteiger partial charge in [-0.15, -0.1) is 0 Å². The molecule has 3 aromatic rings. The van der Waals surface area contributed by atoms with E-state index < -0.39 is 11.4 Å². The van der Waals surface area contributed by atoms with E-state index in [1.807, 2.05) is 23.1 Å². The van der Waals surface area contributed by atoms with E-state index in [0.29, 0.717) is 53.9 Å². The van der Waals surface area contributed by atoms with Gasteiger partial charge >= 0.3 is 5.69 Å². The van der Waals surface area contributed by atoms with E-state index in [9.17, 15) is 14.4 Å². The topological polar surface area (TPSA) is 102 Å². The van der Waals surface area contributed by atoms with E-state index in [1.165, 1.54) is 6.07 Å². The summed E-state index contributed by atoms with van der Waals surface area (Å²) in [6.07, 6.45) is 6.07. The Bertz CT molecular complexity index is 1550. The number of nitrogens with one attached hydrogen (secondary N) is 2. The molecule has 0 radical (unpaired) electrons. The Morgan fingerprint density at radius 3 is 2.50 bits per heavy atom. The van der Waals surface area contributed by atoms with Crippen molar-refractivity contribution in [2.24, 2.45) is 16.8 Å². The van der Waals surface area contributed by atoms with Gasteiger partial charge in [0.05, 0.1) is 16.6 Å². The Kier molecular flexibility index (Phi) is 5.32. The minimum Gasteiger partial charge on any atom is -0.342 e. The largest absolute Gasteiger partial charge is 0.342 e. The number of likely N-dealkylation sites (tertiary alicyclic amines) is 1. The lowest BCUT2D eigenvalue weighted by molar-refractivity contribution is -0.131. The van der Waals surface area contributed by atoms with Gasteiger partial charge in [0.2, 0.25) is 5.91 Å². The highest BCUT2D eigenvalue weighted by atomic mass is 19.1. The number of hydrogen-bond donors (Lipinski definition) is 2. The van der Waals surface area contributed by atoms with Crippen LogP contribution in [0.25, 0.3) is 22.2 Å². The van der Waals surface area contributed by atoms with Crippen molar-refractivity contribution in [2.75, 3.05) is 19.6 Å². The Morgan fingerprint density at radius 1 is 1.00 bits per heavy atom. The van der Waals surface area contributed by atoms with Crippen molar-refractivity contribution in [2.45, 2.75) is 50.5 Å². The highest BCUT2D eigenvalue weighted by Gasteiger charge is 2.51. The third-order valence-electron chi connectivity index (χ3n) is 8.67. The number of aliphatic imine (C=N–C) groups is 1. The molecule has 2 N–H and O–H groups in total. The first-order chi connectivity index (χ1) is 18.4. The molecule has 3 heterocycles. The maximum atomic E-state index is 15.7. The van der Waals surface area contributed by atoms with E-state index in [2.05, 4.69) is 9.97 Å².